The number of hydrogen-bond acceptors (Lipinski definition) is 3. The molecule has 1 atom stereocenters. The fraction of sp³-hybridized carbons (Fsp3) is 0.571. The van der Waals surface area contributed by atoms with Crippen LogP contribution in [0, 0.1) is 0 Å². The molecule has 0 fully saturated rings. The summed E-state index contributed by atoms with van der Waals surface area (Å²) in [5.74, 6) is -2.32. The van der Waals surface area contributed by atoms with Gasteiger partial charge in [0.1, 0.15) is 6.04 Å². The Hall–Kier alpha value is -2.37. The third-order valence-electron chi connectivity index (χ3n) is 3.99. The van der Waals surface area contributed by atoms with Crippen LogP contribution in [0.3, 0.4) is 0 Å². The Morgan fingerprint density at radius 2 is 1.59 bits per heavy atom. The molecule has 152 valence electrons. The fourth-order valence-corrected chi connectivity index (χ4v) is 2.43. The van der Waals surface area contributed by atoms with E-state index in [2.05, 4.69) is 18.3 Å². The van der Waals surface area contributed by atoms with Crippen LogP contribution in [0.2, 0.25) is 0 Å². The van der Waals surface area contributed by atoms with Crippen molar-refractivity contribution in [2.75, 3.05) is 0 Å². The normalized spacial score (nSPS) is 12.8. The average Bonchev–Trinajstić information content (AvgIpc) is 2.62. The number of amides is 2. The van der Waals surface area contributed by atoms with Crippen LogP contribution in [-0.2, 0) is 14.4 Å². The molecule has 4 N–H and O–H groups in total. The molecule has 0 spiro atoms. The lowest BCUT2D eigenvalue weighted by Gasteiger charge is -2.11. The van der Waals surface area contributed by atoms with Crippen LogP contribution in [0.4, 0.5) is 0 Å². The zero-order valence-electron chi connectivity index (χ0n) is 16.4. The molecule has 0 aliphatic rings. The van der Waals surface area contributed by atoms with Gasteiger partial charge in [-0.15, -0.1) is 0 Å². The minimum Gasteiger partial charge on any atom is -0.480 e. The zero-order valence-corrected chi connectivity index (χ0v) is 16.4. The van der Waals surface area contributed by atoms with Gasteiger partial charge in [-0.25, -0.2) is 4.79 Å². The van der Waals surface area contributed by atoms with Crippen LogP contribution in [-0.4, -0.2) is 28.9 Å². The van der Waals surface area contributed by atoms with E-state index in [4.69, 9.17) is 10.8 Å². The first kappa shape index (κ1) is 24.6. The van der Waals surface area contributed by atoms with E-state index < -0.39 is 23.8 Å². The average molecular weight is 379 g/mol. The Kier molecular flexibility index (Phi) is 15.6. The van der Waals surface area contributed by atoms with Gasteiger partial charge < -0.3 is 16.2 Å². The molecule has 0 radical (unpaired) electrons. The van der Waals surface area contributed by atoms with Gasteiger partial charge in [0.25, 0.3) is 0 Å². The number of carboxylic acid groups (broad SMARTS) is 1. The summed E-state index contributed by atoms with van der Waals surface area (Å²) in [6, 6.07) is -1.12. The summed E-state index contributed by atoms with van der Waals surface area (Å²) in [6.07, 6.45) is 20.3. The number of aliphatic carboxylic acids is 1. The van der Waals surface area contributed by atoms with Crippen molar-refractivity contribution in [1.82, 2.24) is 5.32 Å². The van der Waals surface area contributed by atoms with Crippen molar-refractivity contribution in [2.45, 2.75) is 77.2 Å². The van der Waals surface area contributed by atoms with Crippen molar-refractivity contribution in [2.24, 2.45) is 5.73 Å². The third-order valence-corrected chi connectivity index (χ3v) is 3.99. The molecule has 0 bridgehead atoms. The van der Waals surface area contributed by atoms with E-state index in [9.17, 15) is 14.4 Å². The lowest BCUT2D eigenvalue weighted by molar-refractivity contribution is -0.141. The van der Waals surface area contributed by atoms with Gasteiger partial charge in [-0.3, -0.25) is 9.59 Å². The van der Waals surface area contributed by atoms with Crippen LogP contribution in [0.15, 0.2) is 36.5 Å². The van der Waals surface area contributed by atoms with Crippen molar-refractivity contribution >= 4 is 17.8 Å². The maximum atomic E-state index is 11.7. The summed E-state index contributed by atoms with van der Waals surface area (Å²) in [5.41, 5.74) is 4.99. The van der Waals surface area contributed by atoms with E-state index in [-0.39, 0.29) is 12.8 Å². The Morgan fingerprint density at radius 1 is 0.963 bits per heavy atom. The highest BCUT2D eigenvalue weighted by Crippen LogP contribution is 2.08. The Morgan fingerprint density at radius 3 is 2.22 bits per heavy atom. The van der Waals surface area contributed by atoms with Crippen LogP contribution in [0.5, 0.6) is 0 Å². The zero-order chi connectivity index (χ0) is 20.3. The minimum absolute atomic E-state index is 0.0264. The van der Waals surface area contributed by atoms with Crippen molar-refractivity contribution < 1.29 is 19.5 Å². The molecule has 0 rings (SSSR count). The Labute approximate surface area is 162 Å². The quantitative estimate of drug-likeness (QED) is 0.216. The molecule has 0 saturated carbocycles. The van der Waals surface area contributed by atoms with E-state index >= 15 is 0 Å². The number of nitrogens with one attached hydrogen (secondary N) is 1. The number of rotatable bonds is 16. The van der Waals surface area contributed by atoms with E-state index in [1.165, 1.54) is 51.0 Å². The SMILES string of the molecule is CCCCCCCCCC=CC=CC=CC(=O)N[C@@H](CCC(N)=O)C(=O)O. The number of hydrogen-bond donors (Lipinski definition) is 3. The third kappa shape index (κ3) is 16.8. The first-order chi connectivity index (χ1) is 13.0. The molecule has 0 aromatic rings. The molecule has 0 unspecified atom stereocenters. The van der Waals surface area contributed by atoms with Gasteiger partial charge in [-0.2, -0.15) is 0 Å². The summed E-state index contributed by atoms with van der Waals surface area (Å²) < 4.78 is 0. The van der Waals surface area contributed by atoms with Crippen molar-refractivity contribution in [3.8, 4) is 0 Å². The van der Waals surface area contributed by atoms with E-state index in [0.717, 1.165) is 6.42 Å². The molecule has 6 heteroatoms. The lowest BCUT2D eigenvalue weighted by atomic mass is 10.1. The first-order valence-electron chi connectivity index (χ1n) is 9.78. The molecule has 0 aliphatic heterocycles. The molecule has 2 amide bonds. The van der Waals surface area contributed by atoms with E-state index in [1.807, 2.05) is 12.2 Å². The van der Waals surface area contributed by atoms with E-state index in [1.54, 1.807) is 12.2 Å². The maximum Gasteiger partial charge on any atom is 0.326 e. The Balaban J connectivity index is 3.92. The molecule has 0 heterocycles. The number of carbonyl (C=O) groups is 3. The predicted octanol–water partition coefficient (Wildman–Crippen LogP) is 3.63. The van der Waals surface area contributed by atoms with Crippen LogP contribution in [0.25, 0.3) is 0 Å². The smallest absolute Gasteiger partial charge is 0.326 e. The second kappa shape index (κ2) is 17.1. The second-order valence-electron chi connectivity index (χ2n) is 6.49. The highest BCUT2D eigenvalue weighted by Gasteiger charge is 2.19. The number of carbonyl (C=O) groups excluding carboxylic acids is 2. The van der Waals surface area contributed by atoms with Gasteiger partial charge >= 0.3 is 5.97 Å². The van der Waals surface area contributed by atoms with Gasteiger partial charge in [0.05, 0.1) is 0 Å². The van der Waals surface area contributed by atoms with Crippen LogP contribution in [0.1, 0.15) is 71.1 Å². The molecular formula is C21H34N2O4. The summed E-state index contributed by atoms with van der Waals surface area (Å²) >= 11 is 0. The van der Waals surface area contributed by atoms with Crippen molar-refractivity contribution in [3.63, 3.8) is 0 Å². The molecule has 0 saturated heterocycles. The Bertz CT molecular complexity index is 524. The monoisotopic (exact) mass is 378 g/mol. The molecule has 6 nitrogen and oxygen atoms in total. The summed E-state index contributed by atoms with van der Waals surface area (Å²) in [5, 5.41) is 11.3. The summed E-state index contributed by atoms with van der Waals surface area (Å²) in [7, 11) is 0. The van der Waals surface area contributed by atoms with E-state index in [0.29, 0.717) is 0 Å². The standard InChI is InChI=1S/C21H34N2O4/c1-2-3-4-5-6-7-8-9-10-11-12-13-14-15-20(25)23-18(21(26)27)16-17-19(22)24/h10-15,18H,2-9,16-17H2,1H3,(H2,22,24)(H,23,25)(H,26,27)/t18-/m0/s1. The number of primary amides is 1. The second-order valence-corrected chi connectivity index (χ2v) is 6.49. The van der Waals surface area contributed by atoms with Crippen molar-refractivity contribution in [3.05, 3.63) is 36.5 Å². The van der Waals surface area contributed by atoms with Gasteiger partial charge in [-0.05, 0) is 19.3 Å². The highest BCUT2D eigenvalue weighted by atomic mass is 16.4. The topological polar surface area (TPSA) is 109 Å². The summed E-state index contributed by atoms with van der Waals surface area (Å²) in [4.78, 5) is 33.4. The van der Waals surface area contributed by atoms with Gasteiger partial charge in [0.2, 0.25) is 11.8 Å². The lowest BCUT2D eigenvalue weighted by Crippen LogP contribution is -2.40. The number of nitrogens with two attached hydrogens (primary N) is 1. The number of carboxylic acids is 1. The molecule has 0 aliphatic carbocycles. The van der Waals surface area contributed by atoms with Gasteiger partial charge in [0.15, 0.2) is 0 Å². The van der Waals surface area contributed by atoms with Crippen LogP contribution >= 0.6 is 0 Å². The first-order valence-corrected chi connectivity index (χ1v) is 9.78. The van der Waals surface area contributed by atoms with Crippen LogP contribution < -0.4 is 11.1 Å². The largest absolute Gasteiger partial charge is 0.480 e. The number of allylic oxidation sites excluding steroid dienone is 5. The molecule has 0 aromatic heterocycles. The minimum atomic E-state index is -1.19. The van der Waals surface area contributed by atoms with Crippen molar-refractivity contribution in [1.29, 1.82) is 0 Å². The molecular weight excluding hydrogens is 344 g/mol. The highest BCUT2D eigenvalue weighted by molar-refractivity contribution is 5.91. The predicted molar refractivity (Wildman–Crippen MR) is 108 cm³/mol. The summed E-state index contributed by atoms with van der Waals surface area (Å²) in [6.45, 7) is 2.22. The molecule has 0 aromatic carbocycles. The molecule has 27 heavy (non-hydrogen) atoms. The van der Waals surface area contributed by atoms with Gasteiger partial charge in [-0.1, -0.05) is 75.8 Å². The van der Waals surface area contributed by atoms with Gasteiger partial charge in [0, 0.05) is 12.5 Å². The number of unbranched alkanes of at least 4 members (excludes halogenated alkanes) is 7. The maximum absolute atomic E-state index is 11.7. The fourth-order valence-electron chi connectivity index (χ4n) is 2.43.